The molecule has 0 saturated carbocycles. The predicted octanol–water partition coefficient (Wildman–Crippen LogP) is 2.71. The molecule has 2 aromatic carbocycles. The Balaban J connectivity index is 2.49. The molecule has 41 heavy (non-hydrogen) atoms. The summed E-state index contributed by atoms with van der Waals surface area (Å²) in [5.74, 6) is -8.46. The monoisotopic (exact) mass is 570 g/mol. The second-order valence-electron chi connectivity index (χ2n) is 8.40. The van der Waals surface area contributed by atoms with E-state index >= 15 is 0 Å². The van der Waals surface area contributed by atoms with Crippen LogP contribution in [0, 0.1) is 0 Å². The van der Waals surface area contributed by atoms with E-state index in [2.05, 4.69) is 0 Å². The van der Waals surface area contributed by atoms with Gasteiger partial charge in [0.2, 0.25) is 16.9 Å². The molecule has 1 heterocycles. The first-order valence-corrected chi connectivity index (χ1v) is 11.6. The number of benzene rings is 2. The summed E-state index contributed by atoms with van der Waals surface area (Å²) in [4.78, 5) is 84.1. The molecule has 1 N–H and O–H groups in total. The Morgan fingerprint density at radius 1 is 0.659 bits per heavy atom. The van der Waals surface area contributed by atoms with Gasteiger partial charge in [-0.05, 0) is 29.8 Å². The highest BCUT2D eigenvalue weighted by Gasteiger charge is 2.27. The summed E-state index contributed by atoms with van der Waals surface area (Å²) in [6, 6.07) is 4.51. The van der Waals surface area contributed by atoms with Gasteiger partial charge in [-0.3, -0.25) is 33.6 Å². The number of aliphatic carboxylic acids is 1. The highest BCUT2D eigenvalue weighted by molar-refractivity contribution is 5.92. The molecule has 214 valence electrons. The van der Waals surface area contributed by atoms with Crippen LogP contribution in [0.25, 0.3) is 22.3 Å². The van der Waals surface area contributed by atoms with Crippen molar-refractivity contribution in [2.24, 2.45) is 0 Å². The number of hydrogen-bond donors (Lipinski definition) is 1. The minimum absolute atomic E-state index is 0.0852. The van der Waals surface area contributed by atoms with Crippen LogP contribution in [-0.4, -0.2) is 40.9 Å². The lowest BCUT2D eigenvalue weighted by atomic mass is 10.0. The van der Waals surface area contributed by atoms with Crippen molar-refractivity contribution in [1.29, 1.82) is 0 Å². The first-order chi connectivity index (χ1) is 19.2. The van der Waals surface area contributed by atoms with Crippen molar-refractivity contribution in [3.05, 3.63) is 40.1 Å². The van der Waals surface area contributed by atoms with Gasteiger partial charge in [-0.25, -0.2) is 0 Å². The van der Waals surface area contributed by atoms with Gasteiger partial charge in [-0.2, -0.15) is 0 Å². The molecule has 0 aliphatic heterocycles. The molecule has 0 aliphatic rings. The largest absolute Gasteiger partial charge is 0.481 e. The van der Waals surface area contributed by atoms with Gasteiger partial charge in [0.1, 0.15) is 16.7 Å². The van der Waals surface area contributed by atoms with E-state index in [0.717, 1.165) is 52.8 Å². The van der Waals surface area contributed by atoms with E-state index in [1.165, 1.54) is 6.07 Å². The van der Waals surface area contributed by atoms with Crippen molar-refractivity contribution in [3.63, 3.8) is 0 Å². The number of carboxylic acid groups (broad SMARTS) is 1. The van der Waals surface area contributed by atoms with Crippen LogP contribution in [0.1, 0.15) is 40.2 Å². The quantitative estimate of drug-likeness (QED) is 0.306. The van der Waals surface area contributed by atoms with E-state index in [1.807, 2.05) is 0 Å². The molecule has 0 bridgehead atoms. The maximum Gasteiger partial charge on any atom is 0.308 e. The van der Waals surface area contributed by atoms with Gasteiger partial charge in [0.05, 0.1) is 6.42 Å². The fourth-order valence-corrected chi connectivity index (χ4v) is 3.67. The van der Waals surface area contributed by atoms with Crippen LogP contribution in [-0.2, 0) is 35.2 Å². The molecule has 0 amide bonds. The standard InChI is InChI=1S/C27H22O14/c1-11(28)36-18-6-16(8-22(33)34)7-19-23(18)24(35)27(40-15(5)32)25(41-19)17-9-20(37-12(2)29)26(39-14(4)31)21(10-17)38-13(3)30/h6-7,9-10H,8H2,1-5H3,(H,33,34). The highest BCUT2D eigenvalue weighted by Crippen LogP contribution is 2.44. The fourth-order valence-electron chi connectivity index (χ4n) is 3.67. The minimum Gasteiger partial charge on any atom is -0.481 e. The third-order valence-corrected chi connectivity index (χ3v) is 4.87. The number of carbonyl (C=O) groups is 6. The van der Waals surface area contributed by atoms with Crippen LogP contribution in [0.5, 0.6) is 28.7 Å². The SMILES string of the molecule is CC(=O)Oc1cc(-c2oc3cc(CC(=O)O)cc(OC(C)=O)c3c(=O)c2OC(C)=O)cc(OC(C)=O)c1OC(C)=O. The van der Waals surface area contributed by atoms with Crippen molar-refractivity contribution in [3.8, 4) is 40.1 Å². The van der Waals surface area contributed by atoms with Gasteiger partial charge < -0.3 is 33.2 Å². The average Bonchev–Trinajstić information content (AvgIpc) is 2.80. The fraction of sp³-hybridized carbons (Fsp3) is 0.222. The first-order valence-electron chi connectivity index (χ1n) is 11.6. The third-order valence-electron chi connectivity index (χ3n) is 4.87. The van der Waals surface area contributed by atoms with Crippen LogP contribution in [0.3, 0.4) is 0 Å². The molecule has 1 aromatic heterocycles. The number of esters is 5. The van der Waals surface area contributed by atoms with Crippen molar-refractivity contribution in [2.45, 2.75) is 41.0 Å². The number of hydrogen-bond acceptors (Lipinski definition) is 13. The molecular weight excluding hydrogens is 548 g/mol. The smallest absolute Gasteiger partial charge is 0.308 e. The Morgan fingerprint density at radius 3 is 1.59 bits per heavy atom. The zero-order chi connectivity index (χ0) is 30.6. The summed E-state index contributed by atoms with van der Waals surface area (Å²) in [5.41, 5.74) is -1.35. The summed E-state index contributed by atoms with van der Waals surface area (Å²) >= 11 is 0. The maximum atomic E-state index is 13.6. The Labute approximate surface area is 230 Å². The predicted molar refractivity (Wildman–Crippen MR) is 136 cm³/mol. The molecule has 0 aliphatic carbocycles. The molecule has 0 unspecified atom stereocenters. The van der Waals surface area contributed by atoms with E-state index < -0.39 is 76.4 Å². The van der Waals surface area contributed by atoms with Crippen molar-refractivity contribution < 1.29 is 62.0 Å². The third kappa shape index (κ3) is 7.32. The van der Waals surface area contributed by atoms with E-state index in [9.17, 15) is 38.7 Å². The van der Waals surface area contributed by atoms with Gasteiger partial charge in [0.15, 0.2) is 17.3 Å². The second-order valence-corrected chi connectivity index (χ2v) is 8.40. The van der Waals surface area contributed by atoms with Gasteiger partial charge >= 0.3 is 35.8 Å². The Bertz CT molecular complexity index is 1640. The lowest BCUT2D eigenvalue weighted by Crippen LogP contribution is -2.16. The molecule has 0 atom stereocenters. The van der Waals surface area contributed by atoms with Crippen LogP contribution in [0.4, 0.5) is 0 Å². The highest BCUT2D eigenvalue weighted by atomic mass is 16.6. The Hall–Kier alpha value is -5.53. The van der Waals surface area contributed by atoms with Crippen molar-refractivity contribution in [2.75, 3.05) is 0 Å². The number of carbonyl (C=O) groups excluding carboxylic acids is 5. The molecule has 14 heteroatoms. The molecule has 0 radical (unpaired) electrons. The number of rotatable bonds is 8. The van der Waals surface area contributed by atoms with Crippen molar-refractivity contribution >= 4 is 46.8 Å². The minimum atomic E-state index is -1.24. The normalized spacial score (nSPS) is 10.5. The molecule has 0 fully saturated rings. The van der Waals surface area contributed by atoms with Crippen LogP contribution >= 0.6 is 0 Å². The molecule has 3 aromatic rings. The zero-order valence-electron chi connectivity index (χ0n) is 22.3. The Kier molecular flexibility index (Phi) is 8.87. The van der Waals surface area contributed by atoms with Gasteiger partial charge in [-0.15, -0.1) is 0 Å². The summed E-state index contributed by atoms with van der Waals surface area (Å²) in [6.45, 7) is 5.16. The summed E-state index contributed by atoms with van der Waals surface area (Å²) < 4.78 is 31.5. The molecule has 0 spiro atoms. The van der Waals surface area contributed by atoms with Crippen LogP contribution in [0.15, 0.2) is 33.5 Å². The lowest BCUT2D eigenvalue weighted by molar-refractivity contribution is -0.136. The zero-order valence-corrected chi connectivity index (χ0v) is 22.3. The number of fused-ring (bicyclic) bond motifs is 1. The maximum absolute atomic E-state index is 13.6. The van der Waals surface area contributed by atoms with E-state index in [4.69, 9.17) is 28.1 Å². The first kappa shape index (κ1) is 30.0. The molecule has 3 rings (SSSR count). The summed E-state index contributed by atoms with van der Waals surface area (Å²) in [7, 11) is 0. The average molecular weight is 570 g/mol. The molecular formula is C27H22O14. The topological polar surface area (TPSA) is 199 Å². The summed E-state index contributed by atoms with van der Waals surface area (Å²) in [5, 5.41) is 8.90. The van der Waals surface area contributed by atoms with E-state index in [-0.39, 0.29) is 27.8 Å². The second kappa shape index (κ2) is 12.1. The van der Waals surface area contributed by atoms with Crippen molar-refractivity contribution in [1.82, 2.24) is 0 Å². The van der Waals surface area contributed by atoms with Gasteiger partial charge in [-0.1, -0.05) is 0 Å². The van der Waals surface area contributed by atoms with E-state index in [1.54, 1.807) is 0 Å². The van der Waals surface area contributed by atoms with E-state index in [0.29, 0.717) is 0 Å². The van der Waals surface area contributed by atoms with Gasteiger partial charge in [0.25, 0.3) is 0 Å². The number of ether oxygens (including phenoxy) is 5. The molecule has 14 nitrogen and oxygen atoms in total. The number of carboxylic acids is 1. The lowest BCUT2D eigenvalue weighted by Gasteiger charge is -2.16. The van der Waals surface area contributed by atoms with Crippen LogP contribution in [0.2, 0.25) is 0 Å². The molecule has 0 saturated heterocycles. The summed E-state index contributed by atoms with van der Waals surface area (Å²) in [6.07, 6.45) is -0.542. The van der Waals surface area contributed by atoms with Crippen LogP contribution < -0.4 is 29.1 Å². The van der Waals surface area contributed by atoms with Gasteiger partial charge in [0, 0.05) is 40.2 Å². The Morgan fingerprint density at radius 2 is 1.12 bits per heavy atom.